The number of nitrogens with zero attached hydrogens (tertiary/aromatic N) is 1. The van der Waals surface area contributed by atoms with Crippen molar-refractivity contribution in [3.8, 4) is 0 Å². The third kappa shape index (κ3) is 3.16. The molecule has 2 aromatic heterocycles. The number of carbonyl (C=O) groups is 1. The first-order chi connectivity index (χ1) is 9.29. The highest BCUT2D eigenvalue weighted by atomic mass is 32.1. The molecule has 0 aromatic carbocycles. The number of rotatable bonds is 2. The van der Waals surface area contributed by atoms with E-state index in [2.05, 4.69) is 0 Å². The summed E-state index contributed by atoms with van der Waals surface area (Å²) in [6.07, 6.45) is 3.44. The zero-order chi connectivity index (χ0) is 14.9. The molecule has 0 spiro atoms. The zero-order valence-corrected chi connectivity index (χ0v) is 13.6. The van der Waals surface area contributed by atoms with Crippen molar-refractivity contribution in [1.82, 2.24) is 4.57 Å². The summed E-state index contributed by atoms with van der Waals surface area (Å²) in [5.41, 5.74) is -0.492. The molecule has 0 unspecified atom stereocenters. The van der Waals surface area contributed by atoms with Gasteiger partial charge in [-0.05, 0) is 17.5 Å². The van der Waals surface area contributed by atoms with Crippen LogP contribution in [0.1, 0.15) is 25.6 Å². The van der Waals surface area contributed by atoms with Crippen molar-refractivity contribution >= 4 is 40.6 Å². The van der Waals surface area contributed by atoms with Gasteiger partial charge in [-0.1, -0.05) is 26.8 Å². The molecule has 0 aliphatic carbocycles. The van der Waals surface area contributed by atoms with E-state index in [1.165, 1.54) is 15.9 Å². The summed E-state index contributed by atoms with van der Waals surface area (Å²) >= 11 is 2.94. The quantitative estimate of drug-likeness (QED) is 0.847. The second kappa shape index (κ2) is 5.50. The number of carbonyl (C=O) groups excluding carboxylic acids is 1. The molecule has 2 heterocycles. The van der Waals surface area contributed by atoms with Crippen molar-refractivity contribution in [3.05, 3.63) is 41.9 Å². The summed E-state index contributed by atoms with van der Waals surface area (Å²) in [7, 11) is 1.70. The summed E-state index contributed by atoms with van der Waals surface area (Å²) in [4.78, 5) is 25.3. The standard InChI is InChI=1S/C15H17NO2S2/c1-15(2,3)12(17)9-13-16(4)14(18)11(20-13)8-10-6-5-7-19-10/h5-9H,1-4H3/b11-8-,13-9+. The number of hydrogen-bond acceptors (Lipinski definition) is 4. The Kier molecular flexibility index (Phi) is 4.11. The second-order valence-corrected chi connectivity index (χ2v) is 7.63. The first kappa shape index (κ1) is 14.9. The molecule has 20 heavy (non-hydrogen) atoms. The number of hydrogen-bond donors (Lipinski definition) is 0. The minimum absolute atomic E-state index is 0.0250. The van der Waals surface area contributed by atoms with Crippen LogP contribution in [-0.2, 0) is 11.8 Å². The molecule has 0 aliphatic rings. The Bertz CT molecular complexity index is 787. The normalized spacial score (nSPS) is 14.0. The predicted molar refractivity (Wildman–Crippen MR) is 85.6 cm³/mol. The first-order valence-electron chi connectivity index (χ1n) is 6.26. The molecule has 5 heteroatoms. The SMILES string of the molecule is Cn1c(=O)/c(=C/c2cccs2)s/c1=C/C(=O)C(C)(C)C. The fourth-order valence-corrected chi connectivity index (χ4v) is 3.29. The molecule has 3 nitrogen and oxygen atoms in total. The van der Waals surface area contributed by atoms with Crippen molar-refractivity contribution in [2.45, 2.75) is 20.8 Å². The van der Waals surface area contributed by atoms with E-state index in [1.807, 2.05) is 44.4 Å². The smallest absolute Gasteiger partial charge is 0.268 e. The molecule has 0 amide bonds. The van der Waals surface area contributed by atoms with Crippen molar-refractivity contribution in [3.63, 3.8) is 0 Å². The largest absolute Gasteiger partial charge is 0.302 e. The third-order valence-electron chi connectivity index (χ3n) is 2.87. The maximum absolute atomic E-state index is 12.2. The average molecular weight is 307 g/mol. The Hall–Kier alpha value is -1.46. The lowest BCUT2D eigenvalue weighted by Gasteiger charge is -2.12. The van der Waals surface area contributed by atoms with Crippen LogP contribution >= 0.6 is 22.7 Å². The van der Waals surface area contributed by atoms with Crippen molar-refractivity contribution in [1.29, 1.82) is 0 Å². The minimum atomic E-state index is -0.433. The maximum atomic E-state index is 12.2. The third-order valence-corrected chi connectivity index (χ3v) is 4.80. The minimum Gasteiger partial charge on any atom is -0.302 e. The molecule has 0 atom stereocenters. The Morgan fingerprint density at radius 2 is 2.05 bits per heavy atom. The lowest BCUT2D eigenvalue weighted by Crippen LogP contribution is -2.29. The number of thiophene rings is 1. The summed E-state index contributed by atoms with van der Waals surface area (Å²) < 4.78 is 2.88. The van der Waals surface area contributed by atoms with Gasteiger partial charge in [-0.2, -0.15) is 0 Å². The summed E-state index contributed by atoms with van der Waals surface area (Å²) in [6, 6.07) is 3.91. The lowest BCUT2D eigenvalue weighted by atomic mass is 9.91. The van der Waals surface area contributed by atoms with Crippen molar-refractivity contribution in [2.24, 2.45) is 12.5 Å². The van der Waals surface area contributed by atoms with Gasteiger partial charge in [-0.3, -0.25) is 9.59 Å². The van der Waals surface area contributed by atoms with Crippen molar-refractivity contribution < 1.29 is 4.79 Å². The predicted octanol–water partition coefficient (Wildman–Crippen LogP) is 1.73. The first-order valence-corrected chi connectivity index (χ1v) is 7.96. The fourth-order valence-electron chi connectivity index (χ4n) is 1.54. The molecule has 0 radical (unpaired) electrons. The Labute approximate surface area is 125 Å². The van der Waals surface area contributed by atoms with Gasteiger partial charge in [0.15, 0.2) is 5.78 Å². The summed E-state index contributed by atoms with van der Waals surface area (Å²) in [5, 5.41) is 1.97. The van der Waals surface area contributed by atoms with E-state index in [4.69, 9.17) is 0 Å². The molecule has 106 valence electrons. The highest BCUT2D eigenvalue weighted by molar-refractivity contribution is 7.11. The monoisotopic (exact) mass is 307 g/mol. The van der Waals surface area contributed by atoms with E-state index in [0.717, 1.165) is 4.88 Å². The van der Waals surface area contributed by atoms with E-state index in [9.17, 15) is 9.59 Å². The maximum Gasteiger partial charge on any atom is 0.268 e. The molecule has 0 saturated heterocycles. The van der Waals surface area contributed by atoms with E-state index in [1.54, 1.807) is 24.5 Å². The Balaban J connectivity index is 2.57. The van der Waals surface area contributed by atoms with Crippen LogP contribution in [0.3, 0.4) is 0 Å². The molecular formula is C15H17NO2S2. The van der Waals surface area contributed by atoms with Gasteiger partial charge in [0, 0.05) is 23.4 Å². The van der Waals surface area contributed by atoms with Crippen LogP contribution in [0.5, 0.6) is 0 Å². The molecule has 2 aromatic rings. The van der Waals surface area contributed by atoms with Crippen LogP contribution in [0.15, 0.2) is 22.3 Å². The van der Waals surface area contributed by atoms with Crippen LogP contribution in [0.25, 0.3) is 12.2 Å². The molecular weight excluding hydrogens is 290 g/mol. The van der Waals surface area contributed by atoms with E-state index < -0.39 is 5.41 Å². The summed E-state index contributed by atoms with van der Waals surface area (Å²) in [6.45, 7) is 5.61. The lowest BCUT2D eigenvalue weighted by molar-refractivity contribution is -0.120. The van der Waals surface area contributed by atoms with Crippen molar-refractivity contribution in [2.75, 3.05) is 0 Å². The summed E-state index contributed by atoms with van der Waals surface area (Å²) in [5.74, 6) is 0.0250. The topological polar surface area (TPSA) is 39.1 Å². The van der Waals surface area contributed by atoms with E-state index in [0.29, 0.717) is 9.20 Å². The Morgan fingerprint density at radius 3 is 2.60 bits per heavy atom. The fraction of sp³-hybridized carbons (Fsp3) is 0.333. The highest BCUT2D eigenvalue weighted by Crippen LogP contribution is 2.14. The number of ketones is 1. The van der Waals surface area contributed by atoms with Gasteiger partial charge in [0.25, 0.3) is 5.56 Å². The van der Waals surface area contributed by atoms with Gasteiger partial charge >= 0.3 is 0 Å². The van der Waals surface area contributed by atoms with Gasteiger partial charge in [0.1, 0.15) is 4.66 Å². The second-order valence-electron chi connectivity index (χ2n) is 5.59. The molecule has 0 bridgehead atoms. The molecule has 2 rings (SSSR count). The van der Waals surface area contributed by atoms with Gasteiger partial charge in [0.05, 0.1) is 4.53 Å². The molecule has 0 aliphatic heterocycles. The number of aromatic nitrogens is 1. The van der Waals surface area contributed by atoms with Crippen LogP contribution < -0.4 is 14.8 Å². The molecule has 0 saturated carbocycles. The number of thiazole rings is 1. The Morgan fingerprint density at radius 1 is 1.35 bits per heavy atom. The van der Waals surface area contributed by atoms with E-state index in [-0.39, 0.29) is 11.3 Å². The van der Waals surface area contributed by atoms with Crippen LogP contribution in [0.2, 0.25) is 0 Å². The molecule has 0 fully saturated rings. The van der Waals surface area contributed by atoms with Crippen LogP contribution in [0, 0.1) is 5.41 Å². The average Bonchev–Trinajstić information content (AvgIpc) is 2.94. The van der Waals surface area contributed by atoms with Crippen LogP contribution in [0.4, 0.5) is 0 Å². The van der Waals surface area contributed by atoms with Crippen LogP contribution in [-0.4, -0.2) is 10.4 Å². The number of Topliss-reactive ketones (excluding diaryl/α,β-unsaturated/α-hetero) is 1. The van der Waals surface area contributed by atoms with Gasteiger partial charge < -0.3 is 4.57 Å². The molecule has 0 N–H and O–H groups in total. The van der Waals surface area contributed by atoms with Gasteiger partial charge in [-0.15, -0.1) is 22.7 Å². The van der Waals surface area contributed by atoms with Gasteiger partial charge in [-0.25, -0.2) is 0 Å². The highest BCUT2D eigenvalue weighted by Gasteiger charge is 2.19. The van der Waals surface area contributed by atoms with Gasteiger partial charge in [0.2, 0.25) is 0 Å². The zero-order valence-electron chi connectivity index (χ0n) is 12.0. The van der Waals surface area contributed by atoms with E-state index >= 15 is 0 Å².